The van der Waals surface area contributed by atoms with Crippen LogP contribution in [-0.2, 0) is 0 Å². The second kappa shape index (κ2) is 13.7. The van der Waals surface area contributed by atoms with Crippen molar-refractivity contribution in [3.63, 3.8) is 0 Å². The van der Waals surface area contributed by atoms with Gasteiger partial charge in [-0.2, -0.15) is 0 Å². The predicted octanol–water partition coefficient (Wildman–Crippen LogP) is 5.82. The SMILES string of the molecule is C\C=C/N=C1\C=C(CNC(=C/C)/C(=C\C=C(/C)CC)N2CCNC(C)C2)C=C\C1=C/CC. The van der Waals surface area contributed by atoms with Gasteiger partial charge < -0.3 is 15.5 Å². The van der Waals surface area contributed by atoms with E-state index in [1.54, 1.807) is 0 Å². The molecule has 0 aromatic heterocycles. The molecule has 1 saturated heterocycles. The highest BCUT2D eigenvalue weighted by molar-refractivity contribution is 6.12. The van der Waals surface area contributed by atoms with Crippen molar-refractivity contribution in [2.24, 2.45) is 4.99 Å². The molecule has 4 nitrogen and oxygen atoms in total. The summed E-state index contributed by atoms with van der Waals surface area (Å²) in [5.74, 6) is 0. The number of rotatable bonds is 9. The lowest BCUT2D eigenvalue weighted by Gasteiger charge is -2.36. The first-order chi connectivity index (χ1) is 15.5. The quantitative estimate of drug-likeness (QED) is 0.449. The van der Waals surface area contributed by atoms with Gasteiger partial charge in [0.05, 0.1) is 17.1 Å². The van der Waals surface area contributed by atoms with Crippen molar-refractivity contribution in [1.29, 1.82) is 0 Å². The Morgan fingerprint density at radius 2 is 2.06 bits per heavy atom. The van der Waals surface area contributed by atoms with Crippen molar-refractivity contribution in [1.82, 2.24) is 15.5 Å². The molecule has 0 radical (unpaired) electrons. The van der Waals surface area contributed by atoms with Gasteiger partial charge in [-0.25, -0.2) is 0 Å². The molecule has 1 unspecified atom stereocenters. The molecule has 0 bridgehead atoms. The Bertz CT molecular complexity index is 862. The van der Waals surface area contributed by atoms with Crippen LogP contribution >= 0.6 is 0 Å². The van der Waals surface area contributed by atoms with Gasteiger partial charge in [0.2, 0.25) is 0 Å². The molecule has 1 aliphatic carbocycles. The molecular weight excluding hydrogens is 392 g/mol. The molecule has 174 valence electrons. The van der Waals surface area contributed by atoms with E-state index in [-0.39, 0.29) is 0 Å². The van der Waals surface area contributed by atoms with Crippen LogP contribution in [0.3, 0.4) is 0 Å². The lowest BCUT2D eigenvalue weighted by molar-refractivity contribution is 0.258. The zero-order chi connectivity index (χ0) is 23.3. The van der Waals surface area contributed by atoms with Crippen molar-refractivity contribution in [2.75, 3.05) is 26.2 Å². The highest BCUT2D eigenvalue weighted by Gasteiger charge is 2.20. The van der Waals surface area contributed by atoms with Gasteiger partial charge >= 0.3 is 0 Å². The Balaban J connectivity index is 2.23. The van der Waals surface area contributed by atoms with E-state index >= 15 is 0 Å². The minimum Gasteiger partial charge on any atom is -0.380 e. The maximum absolute atomic E-state index is 4.64. The minimum atomic E-state index is 0.486. The summed E-state index contributed by atoms with van der Waals surface area (Å²) in [6, 6.07) is 0.486. The van der Waals surface area contributed by atoms with Crippen LogP contribution in [0.25, 0.3) is 0 Å². The summed E-state index contributed by atoms with van der Waals surface area (Å²) < 4.78 is 0. The summed E-state index contributed by atoms with van der Waals surface area (Å²) >= 11 is 0. The number of aliphatic imine (C=N–C) groups is 1. The second-order valence-electron chi connectivity index (χ2n) is 8.39. The number of hydrogen-bond donors (Lipinski definition) is 2. The molecule has 4 heteroatoms. The Morgan fingerprint density at radius 3 is 2.72 bits per heavy atom. The van der Waals surface area contributed by atoms with Crippen molar-refractivity contribution >= 4 is 5.71 Å². The molecule has 1 fully saturated rings. The molecule has 2 aliphatic rings. The molecular formula is C28H42N4. The summed E-state index contributed by atoms with van der Waals surface area (Å²) in [6.07, 6.45) is 21.4. The molecule has 0 saturated carbocycles. The molecule has 2 rings (SSSR count). The standard InChI is InChI=1S/C28H42N4/c1-7-11-25-14-13-24(19-27(25)30-16-8-2)20-31-26(10-4)28(15-12-22(5)9-3)32-18-17-29-23(6)21-32/h8,10-16,19,23,29,31H,7,9,17-18,20-21H2,1-6H3/b16-8-,22-12+,25-11+,26-10+,28-15+,30-27+. The van der Waals surface area contributed by atoms with Crippen LogP contribution in [-0.4, -0.2) is 42.8 Å². The Hall–Kier alpha value is -2.59. The Kier molecular flexibility index (Phi) is 11.0. The molecule has 0 spiro atoms. The average molecular weight is 435 g/mol. The average Bonchev–Trinajstić information content (AvgIpc) is 2.80. The van der Waals surface area contributed by atoms with E-state index in [9.17, 15) is 0 Å². The van der Waals surface area contributed by atoms with E-state index in [1.165, 1.54) is 28.1 Å². The number of nitrogens with zero attached hydrogens (tertiary/aromatic N) is 2. The number of allylic oxidation sites excluding steroid dienone is 9. The first-order valence-electron chi connectivity index (χ1n) is 12.1. The van der Waals surface area contributed by atoms with Gasteiger partial charge in [0, 0.05) is 38.4 Å². The van der Waals surface area contributed by atoms with E-state index in [1.807, 2.05) is 19.2 Å². The smallest absolute Gasteiger partial charge is 0.0701 e. The van der Waals surface area contributed by atoms with Gasteiger partial charge in [0.25, 0.3) is 0 Å². The summed E-state index contributed by atoms with van der Waals surface area (Å²) in [6.45, 7) is 16.7. The summed E-state index contributed by atoms with van der Waals surface area (Å²) in [7, 11) is 0. The van der Waals surface area contributed by atoms with Crippen LogP contribution in [0.1, 0.15) is 54.4 Å². The van der Waals surface area contributed by atoms with Gasteiger partial charge in [-0.05, 0) is 63.8 Å². The number of piperazine rings is 1. The van der Waals surface area contributed by atoms with E-state index < -0.39 is 0 Å². The summed E-state index contributed by atoms with van der Waals surface area (Å²) in [5.41, 5.74) is 7.28. The molecule has 0 amide bonds. The lowest BCUT2D eigenvalue weighted by Crippen LogP contribution is -2.49. The van der Waals surface area contributed by atoms with Gasteiger partial charge in [-0.3, -0.25) is 4.99 Å². The fourth-order valence-electron chi connectivity index (χ4n) is 3.75. The normalized spacial score (nSPS) is 23.4. The first kappa shape index (κ1) is 25.7. The van der Waals surface area contributed by atoms with Crippen molar-refractivity contribution in [3.05, 3.63) is 82.9 Å². The van der Waals surface area contributed by atoms with Gasteiger partial charge in [0.15, 0.2) is 0 Å². The van der Waals surface area contributed by atoms with Gasteiger partial charge in [-0.1, -0.05) is 55.9 Å². The van der Waals surface area contributed by atoms with Crippen molar-refractivity contribution in [3.8, 4) is 0 Å². The molecule has 0 aromatic carbocycles. The zero-order valence-electron chi connectivity index (χ0n) is 20.9. The third-order valence-electron chi connectivity index (χ3n) is 5.72. The molecule has 32 heavy (non-hydrogen) atoms. The minimum absolute atomic E-state index is 0.486. The lowest BCUT2D eigenvalue weighted by atomic mass is 9.99. The topological polar surface area (TPSA) is 39.7 Å². The summed E-state index contributed by atoms with van der Waals surface area (Å²) in [5, 5.41) is 7.26. The maximum atomic E-state index is 4.64. The van der Waals surface area contributed by atoms with Crippen molar-refractivity contribution in [2.45, 2.75) is 60.4 Å². The van der Waals surface area contributed by atoms with Gasteiger partial charge in [-0.15, -0.1) is 0 Å². The molecule has 2 N–H and O–H groups in total. The highest BCUT2D eigenvalue weighted by atomic mass is 15.2. The first-order valence-corrected chi connectivity index (χ1v) is 12.1. The fourth-order valence-corrected chi connectivity index (χ4v) is 3.75. The van der Waals surface area contributed by atoms with E-state index in [2.05, 4.69) is 97.7 Å². The molecule has 1 heterocycles. The second-order valence-corrected chi connectivity index (χ2v) is 8.39. The van der Waals surface area contributed by atoms with Crippen LogP contribution in [0.15, 0.2) is 87.9 Å². The van der Waals surface area contributed by atoms with E-state index in [0.29, 0.717) is 6.04 Å². The van der Waals surface area contributed by atoms with Crippen LogP contribution in [0.5, 0.6) is 0 Å². The van der Waals surface area contributed by atoms with Crippen LogP contribution in [0.2, 0.25) is 0 Å². The van der Waals surface area contributed by atoms with E-state index in [0.717, 1.165) is 44.7 Å². The Morgan fingerprint density at radius 1 is 1.25 bits per heavy atom. The fraction of sp³-hybridized carbons (Fsp3) is 0.464. The zero-order valence-corrected chi connectivity index (χ0v) is 20.9. The molecule has 0 aromatic rings. The van der Waals surface area contributed by atoms with Crippen LogP contribution < -0.4 is 10.6 Å². The summed E-state index contributed by atoms with van der Waals surface area (Å²) in [4.78, 5) is 7.13. The monoisotopic (exact) mass is 434 g/mol. The Labute approximate surface area is 196 Å². The predicted molar refractivity (Wildman–Crippen MR) is 141 cm³/mol. The van der Waals surface area contributed by atoms with Crippen LogP contribution in [0, 0.1) is 0 Å². The van der Waals surface area contributed by atoms with E-state index in [4.69, 9.17) is 0 Å². The largest absolute Gasteiger partial charge is 0.380 e. The third-order valence-corrected chi connectivity index (χ3v) is 5.72. The van der Waals surface area contributed by atoms with Crippen molar-refractivity contribution < 1.29 is 0 Å². The highest BCUT2D eigenvalue weighted by Crippen LogP contribution is 2.19. The molecule has 1 atom stereocenters. The number of hydrogen-bond acceptors (Lipinski definition) is 4. The van der Waals surface area contributed by atoms with Crippen LogP contribution in [0.4, 0.5) is 0 Å². The third kappa shape index (κ3) is 7.83. The maximum Gasteiger partial charge on any atom is 0.0701 e. The number of nitrogens with one attached hydrogen (secondary N) is 2. The van der Waals surface area contributed by atoms with Gasteiger partial charge in [0.1, 0.15) is 0 Å². The molecule has 1 aliphatic heterocycles.